The van der Waals surface area contributed by atoms with Crippen LogP contribution in [0.5, 0.6) is 0 Å². The van der Waals surface area contributed by atoms with Crippen LogP contribution in [0.15, 0.2) is 24.3 Å². The predicted molar refractivity (Wildman–Crippen MR) is 74.6 cm³/mol. The second-order valence-electron chi connectivity index (χ2n) is 5.50. The molecule has 2 rings (SSSR count). The van der Waals surface area contributed by atoms with Gasteiger partial charge in [-0.2, -0.15) is 0 Å². The molecule has 1 aliphatic rings. The van der Waals surface area contributed by atoms with E-state index in [0.29, 0.717) is 25.2 Å². The number of Topliss-reactive ketones (excluding diaryl/α,β-unsaturated/α-hetero) is 1. The Morgan fingerprint density at radius 3 is 2.63 bits per heavy atom. The molecule has 1 aliphatic carbocycles. The average molecular weight is 259 g/mol. The largest absolute Gasteiger partial charge is 0.341 e. The minimum absolute atomic E-state index is 0.0347. The lowest BCUT2D eigenvalue weighted by molar-refractivity contribution is -0.136. The van der Waals surface area contributed by atoms with Crippen LogP contribution in [0.4, 0.5) is 0 Å². The van der Waals surface area contributed by atoms with E-state index < -0.39 is 0 Å². The van der Waals surface area contributed by atoms with Crippen LogP contribution >= 0.6 is 0 Å². The van der Waals surface area contributed by atoms with Crippen molar-refractivity contribution in [2.24, 2.45) is 5.92 Å². The molecule has 19 heavy (non-hydrogen) atoms. The summed E-state index contributed by atoms with van der Waals surface area (Å²) >= 11 is 0. The van der Waals surface area contributed by atoms with E-state index in [9.17, 15) is 9.59 Å². The van der Waals surface area contributed by atoms with Gasteiger partial charge in [0.1, 0.15) is 5.78 Å². The number of nitrogens with zero attached hydrogens (tertiary/aromatic N) is 1. The van der Waals surface area contributed by atoms with Crippen molar-refractivity contribution >= 4 is 11.7 Å². The molecule has 0 radical (unpaired) electrons. The van der Waals surface area contributed by atoms with Crippen LogP contribution < -0.4 is 0 Å². The van der Waals surface area contributed by atoms with Gasteiger partial charge in [-0.1, -0.05) is 29.8 Å². The van der Waals surface area contributed by atoms with Gasteiger partial charge in [0.05, 0.1) is 0 Å². The van der Waals surface area contributed by atoms with E-state index in [1.165, 1.54) is 5.56 Å². The first-order chi connectivity index (χ1) is 9.06. The summed E-state index contributed by atoms with van der Waals surface area (Å²) < 4.78 is 0. The highest BCUT2D eigenvalue weighted by Gasteiger charge is 2.26. The minimum atomic E-state index is 0.0347. The third-order valence-electron chi connectivity index (χ3n) is 3.77. The highest BCUT2D eigenvalue weighted by Crippen LogP contribution is 2.23. The van der Waals surface area contributed by atoms with Gasteiger partial charge in [-0.25, -0.2) is 0 Å². The standard InChI is InChI=1S/C16H21NO2/c1-12-4-3-5-13(10-12)11-17(2)16(19)14-6-8-15(18)9-7-14/h3-5,10,14H,6-9,11H2,1-2H3. The zero-order valence-corrected chi connectivity index (χ0v) is 11.7. The van der Waals surface area contributed by atoms with Crippen molar-refractivity contribution in [3.63, 3.8) is 0 Å². The maximum Gasteiger partial charge on any atom is 0.225 e. The molecule has 102 valence electrons. The number of benzene rings is 1. The Morgan fingerprint density at radius 1 is 1.32 bits per heavy atom. The zero-order valence-electron chi connectivity index (χ0n) is 11.7. The second-order valence-corrected chi connectivity index (χ2v) is 5.50. The Bertz CT molecular complexity index is 471. The summed E-state index contributed by atoms with van der Waals surface area (Å²) in [5.41, 5.74) is 2.37. The lowest BCUT2D eigenvalue weighted by Gasteiger charge is -2.26. The first-order valence-corrected chi connectivity index (χ1v) is 6.88. The number of hydrogen-bond donors (Lipinski definition) is 0. The molecule has 0 spiro atoms. The Balaban J connectivity index is 1.94. The van der Waals surface area contributed by atoms with Crippen molar-refractivity contribution in [1.82, 2.24) is 4.90 Å². The quantitative estimate of drug-likeness (QED) is 0.837. The lowest BCUT2D eigenvalue weighted by Crippen LogP contribution is -2.34. The fourth-order valence-electron chi connectivity index (χ4n) is 2.66. The molecule has 0 unspecified atom stereocenters. The van der Waals surface area contributed by atoms with Crippen molar-refractivity contribution in [3.8, 4) is 0 Å². The van der Waals surface area contributed by atoms with E-state index in [-0.39, 0.29) is 11.8 Å². The fourth-order valence-corrected chi connectivity index (χ4v) is 2.66. The molecule has 0 heterocycles. The maximum atomic E-state index is 12.3. The smallest absolute Gasteiger partial charge is 0.225 e. The normalized spacial score (nSPS) is 16.4. The Labute approximate surface area is 114 Å². The minimum Gasteiger partial charge on any atom is -0.341 e. The summed E-state index contributed by atoms with van der Waals surface area (Å²) in [4.78, 5) is 25.3. The third-order valence-corrected chi connectivity index (χ3v) is 3.77. The van der Waals surface area contributed by atoms with E-state index in [4.69, 9.17) is 0 Å². The molecule has 0 atom stereocenters. The highest BCUT2D eigenvalue weighted by molar-refractivity contribution is 5.84. The monoisotopic (exact) mass is 259 g/mol. The lowest BCUT2D eigenvalue weighted by atomic mass is 9.87. The van der Waals surface area contributed by atoms with Gasteiger partial charge in [-0.05, 0) is 25.3 Å². The number of ketones is 1. The number of aryl methyl sites for hydroxylation is 1. The van der Waals surface area contributed by atoms with E-state index >= 15 is 0 Å². The van der Waals surface area contributed by atoms with Gasteiger partial charge in [-0.15, -0.1) is 0 Å². The average Bonchev–Trinajstić information content (AvgIpc) is 2.39. The Hall–Kier alpha value is -1.64. The van der Waals surface area contributed by atoms with Crippen molar-refractivity contribution in [1.29, 1.82) is 0 Å². The molecule has 3 heteroatoms. The zero-order chi connectivity index (χ0) is 13.8. The SMILES string of the molecule is Cc1cccc(CN(C)C(=O)C2CCC(=O)CC2)c1. The second kappa shape index (κ2) is 6.00. The maximum absolute atomic E-state index is 12.3. The number of amides is 1. The molecule has 1 saturated carbocycles. The van der Waals surface area contributed by atoms with Crippen LogP contribution in [0.3, 0.4) is 0 Å². The molecular formula is C16H21NO2. The van der Waals surface area contributed by atoms with Crippen molar-refractivity contribution < 1.29 is 9.59 Å². The summed E-state index contributed by atoms with van der Waals surface area (Å²) in [6, 6.07) is 8.22. The van der Waals surface area contributed by atoms with Crippen molar-refractivity contribution in [3.05, 3.63) is 35.4 Å². The number of carbonyl (C=O) groups is 2. The summed E-state index contributed by atoms with van der Waals surface area (Å²) in [7, 11) is 1.85. The molecule has 0 N–H and O–H groups in total. The summed E-state index contributed by atoms with van der Waals surface area (Å²) in [6.45, 7) is 2.70. The van der Waals surface area contributed by atoms with Crippen LogP contribution in [0.2, 0.25) is 0 Å². The summed E-state index contributed by atoms with van der Waals surface area (Å²) in [6.07, 6.45) is 2.56. The van der Waals surface area contributed by atoms with Crippen molar-refractivity contribution in [2.45, 2.75) is 39.2 Å². The van der Waals surface area contributed by atoms with Gasteiger partial charge in [0, 0.05) is 32.4 Å². The van der Waals surface area contributed by atoms with Crippen LogP contribution in [0.25, 0.3) is 0 Å². The molecule has 3 nitrogen and oxygen atoms in total. The highest BCUT2D eigenvalue weighted by atomic mass is 16.2. The predicted octanol–water partition coefficient (Wildman–Crippen LogP) is 2.71. The number of rotatable bonds is 3. The van der Waals surface area contributed by atoms with Crippen LogP contribution in [-0.4, -0.2) is 23.6 Å². The molecule has 0 bridgehead atoms. The van der Waals surface area contributed by atoms with Crippen LogP contribution in [0, 0.1) is 12.8 Å². The van der Waals surface area contributed by atoms with Gasteiger partial charge in [0.25, 0.3) is 0 Å². The van der Waals surface area contributed by atoms with Crippen LogP contribution in [-0.2, 0) is 16.1 Å². The molecule has 1 fully saturated rings. The third kappa shape index (κ3) is 3.66. The Morgan fingerprint density at radius 2 is 2.00 bits per heavy atom. The molecule has 1 aromatic carbocycles. The number of carbonyl (C=O) groups excluding carboxylic acids is 2. The van der Waals surface area contributed by atoms with E-state index in [0.717, 1.165) is 18.4 Å². The van der Waals surface area contributed by atoms with Gasteiger partial charge < -0.3 is 4.90 Å². The van der Waals surface area contributed by atoms with Crippen LogP contribution in [0.1, 0.15) is 36.8 Å². The molecule has 1 amide bonds. The number of hydrogen-bond acceptors (Lipinski definition) is 2. The van der Waals surface area contributed by atoms with Gasteiger partial charge in [0.2, 0.25) is 5.91 Å². The topological polar surface area (TPSA) is 37.4 Å². The molecule has 0 aromatic heterocycles. The van der Waals surface area contributed by atoms with E-state index in [1.807, 2.05) is 19.2 Å². The molecule has 0 saturated heterocycles. The summed E-state index contributed by atoms with van der Waals surface area (Å²) in [5, 5.41) is 0. The van der Waals surface area contributed by atoms with E-state index in [1.54, 1.807) is 4.90 Å². The fraction of sp³-hybridized carbons (Fsp3) is 0.500. The van der Waals surface area contributed by atoms with Gasteiger partial charge >= 0.3 is 0 Å². The van der Waals surface area contributed by atoms with Gasteiger partial charge in [-0.3, -0.25) is 9.59 Å². The molecular weight excluding hydrogens is 238 g/mol. The first-order valence-electron chi connectivity index (χ1n) is 6.88. The summed E-state index contributed by atoms with van der Waals surface area (Å²) in [5.74, 6) is 0.506. The Kier molecular flexibility index (Phi) is 4.35. The van der Waals surface area contributed by atoms with Gasteiger partial charge in [0.15, 0.2) is 0 Å². The first kappa shape index (κ1) is 13.8. The van der Waals surface area contributed by atoms with E-state index in [2.05, 4.69) is 19.1 Å². The molecule has 1 aromatic rings. The van der Waals surface area contributed by atoms with Crippen molar-refractivity contribution in [2.75, 3.05) is 7.05 Å². The molecule has 0 aliphatic heterocycles.